The van der Waals surface area contributed by atoms with Gasteiger partial charge in [0.25, 0.3) is 5.91 Å². The largest absolute Gasteiger partial charge is 0.507 e. The highest BCUT2D eigenvalue weighted by molar-refractivity contribution is 7.17. The van der Waals surface area contributed by atoms with Crippen LogP contribution in [0.1, 0.15) is 27.9 Å². The molecular formula is C17H16N4O2S. The lowest BCUT2D eigenvalue weighted by molar-refractivity contribution is 0.0958. The molecule has 0 saturated carbocycles. The van der Waals surface area contributed by atoms with Gasteiger partial charge in [0, 0.05) is 5.56 Å². The first-order chi connectivity index (χ1) is 11.6. The molecule has 0 atom stereocenters. The second kappa shape index (κ2) is 6.67. The van der Waals surface area contributed by atoms with Crippen molar-refractivity contribution in [3.63, 3.8) is 0 Å². The normalized spacial score (nSPS) is 11.2. The van der Waals surface area contributed by atoms with Gasteiger partial charge in [-0.05, 0) is 23.3 Å². The van der Waals surface area contributed by atoms with Crippen LogP contribution in [0.5, 0.6) is 5.75 Å². The number of hydrogen-bond acceptors (Lipinski definition) is 6. The Bertz CT molecular complexity index is 933. The smallest absolute Gasteiger partial charge is 0.283 e. The molecule has 0 aliphatic rings. The van der Waals surface area contributed by atoms with Gasteiger partial charge in [-0.3, -0.25) is 4.79 Å². The first-order valence-corrected chi connectivity index (χ1v) is 8.21. The third-order valence-corrected chi connectivity index (χ3v) is 4.49. The van der Waals surface area contributed by atoms with Crippen molar-refractivity contribution in [3.05, 3.63) is 52.5 Å². The van der Waals surface area contributed by atoms with E-state index in [0.29, 0.717) is 27.7 Å². The number of phenols is 1. The third kappa shape index (κ3) is 3.07. The number of hydrazone groups is 1. The van der Waals surface area contributed by atoms with E-state index in [1.165, 1.54) is 6.21 Å². The van der Waals surface area contributed by atoms with Gasteiger partial charge >= 0.3 is 0 Å². The van der Waals surface area contributed by atoms with Crippen molar-refractivity contribution in [2.24, 2.45) is 5.10 Å². The fourth-order valence-corrected chi connectivity index (χ4v) is 3.22. The number of phenolic OH excluding ortho intramolecular Hbond substituents is 1. The van der Waals surface area contributed by atoms with Crippen molar-refractivity contribution in [2.45, 2.75) is 13.3 Å². The Kier molecular flexibility index (Phi) is 4.43. The highest BCUT2D eigenvalue weighted by Gasteiger charge is 2.15. The van der Waals surface area contributed by atoms with Gasteiger partial charge in [-0.15, -0.1) is 0 Å². The Hall–Kier alpha value is -2.93. The molecule has 24 heavy (non-hydrogen) atoms. The summed E-state index contributed by atoms with van der Waals surface area (Å²) in [5, 5.41) is 16.2. The zero-order valence-electron chi connectivity index (χ0n) is 13.0. The van der Waals surface area contributed by atoms with Crippen LogP contribution in [0.2, 0.25) is 0 Å². The molecule has 1 aromatic heterocycles. The topological polar surface area (TPSA) is 101 Å². The SMILES string of the molecule is CCc1nc(N)sc1C(=O)N/N=C\c1c(O)ccc2ccccc12. The minimum Gasteiger partial charge on any atom is -0.507 e. The minimum absolute atomic E-state index is 0.1000. The van der Waals surface area contributed by atoms with Gasteiger partial charge in [0.2, 0.25) is 0 Å². The molecule has 1 heterocycles. The fraction of sp³-hybridized carbons (Fsp3) is 0.118. The summed E-state index contributed by atoms with van der Waals surface area (Å²) in [6.45, 7) is 1.91. The average Bonchev–Trinajstić information content (AvgIpc) is 2.98. The number of hydrogen-bond donors (Lipinski definition) is 3. The van der Waals surface area contributed by atoms with Crippen molar-refractivity contribution in [3.8, 4) is 5.75 Å². The van der Waals surface area contributed by atoms with Crippen LogP contribution in [-0.2, 0) is 6.42 Å². The quantitative estimate of drug-likeness (QED) is 0.502. The second-order valence-electron chi connectivity index (χ2n) is 5.10. The molecule has 122 valence electrons. The number of nitrogen functional groups attached to an aromatic ring is 1. The van der Waals surface area contributed by atoms with Crippen LogP contribution in [0.3, 0.4) is 0 Å². The van der Waals surface area contributed by atoms with Crippen LogP contribution in [0, 0.1) is 0 Å². The predicted molar refractivity (Wildman–Crippen MR) is 96.6 cm³/mol. The van der Waals surface area contributed by atoms with Gasteiger partial charge in [-0.25, -0.2) is 10.4 Å². The molecule has 0 saturated heterocycles. The number of rotatable bonds is 4. The number of nitrogens with zero attached hydrogens (tertiary/aromatic N) is 2. The van der Waals surface area contributed by atoms with Crippen LogP contribution in [0.25, 0.3) is 10.8 Å². The maximum Gasteiger partial charge on any atom is 0.283 e. The number of anilines is 1. The summed E-state index contributed by atoms with van der Waals surface area (Å²) in [7, 11) is 0. The molecule has 0 radical (unpaired) electrons. The number of nitrogens with one attached hydrogen (secondary N) is 1. The number of nitrogens with two attached hydrogens (primary N) is 1. The van der Waals surface area contributed by atoms with Gasteiger partial charge in [-0.1, -0.05) is 48.6 Å². The number of aryl methyl sites for hydroxylation is 1. The van der Waals surface area contributed by atoms with Gasteiger partial charge in [0.05, 0.1) is 11.9 Å². The predicted octanol–water partition coefficient (Wildman–Crippen LogP) is 2.91. The zero-order valence-corrected chi connectivity index (χ0v) is 13.8. The summed E-state index contributed by atoms with van der Waals surface area (Å²) in [4.78, 5) is 16.8. The maximum atomic E-state index is 12.2. The van der Waals surface area contributed by atoms with E-state index in [0.717, 1.165) is 22.1 Å². The van der Waals surface area contributed by atoms with Crippen molar-refractivity contribution >= 4 is 39.4 Å². The molecule has 6 nitrogen and oxygen atoms in total. The summed E-state index contributed by atoms with van der Waals surface area (Å²) in [5.74, 6) is -0.264. The molecule has 3 aromatic rings. The van der Waals surface area contributed by atoms with E-state index in [2.05, 4.69) is 15.5 Å². The Balaban J connectivity index is 1.84. The van der Waals surface area contributed by atoms with Crippen LogP contribution >= 0.6 is 11.3 Å². The summed E-state index contributed by atoms with van der Waals surface area (Å²) in [6.07, 6.45) is 2.05. The lowest BCUT2D eigenvalue weighted by Gasteiger charge is -2.04. The Morgan fingerprint density at radius 3 is 2.96 bits per heavy atom. The number of carbonyl (C=O) groups excluding carboxylic acids is 1. The molecule has 4 N–H and O–H groups in total. The lowest BCUT2D eigenvalue weighted by Crippen LogP contribution is -2.17. The standard InChI is InChI=1S/C17H16N4O2S/c1-2-13-15(24-17(18)20-13)16(23)21-19-9-12-11-6-4-3-5-10(11)7-8-14(12)22/h3-9,22H,2H2,1H3,(H2,18,20)(H,21,23)/b19-9-. The van der Waals surface area contributed by atoms with E-state index in [1.54, 1.807) is 6.07 Å². The van der Waals surface area contributed by atoms with E-state index >= 15 is 0 Å². The molecule has 0 bridgehead atoms. The first-order valence-electron chi connectivity index (χ1n) is 7.39. The summed E-state index contributed by atoms with van der Waals surface area (Å²) in [6, 6.07) is 11.1. The summed E-state index contributed by atoms with van der Waals surface area (Å²) >= 11 is 1.13. The molecule has 0 aliphatic heterocycles. The van der Waals surface area contributed by atoms with Gasteiger partial charge in [0.15, 0.2) is 5.13 Å². The molecule has 2 aromatic carbocycles. The Morgan fingerprint density at radius 2 is 2.17 bits per heavy atom. The first kappa shape index (κ1) is 15.9. The fourth-order valence-electron chi connectivity index (χ4n) is 2.41. The number of benzene rings is 2. The number of aromatic hydroxyl groups is 1. The highest BCUT2D eigenvalue weighted by atomic mass is 32.1. The molecular weight excluding hydrogens is 324 g/mol. The summed E-state index contributed by atoms with van der Waals surface area (Å²) < 4.78 is 0. The number of thiazole rings is 1. The van der Waals surface area contributed by atoms with Crippen molar-refractivity contribution in [1.29, 1.82) is 0 Å². The van der Waals surface area contributed by atoms with E-state index in [4.69, 9.17) is 5.73 Å². The Labute approximate surface area is 142 Å². The average molecular weight is 340 g/mol. The molecule has 3 rings (SSSR count). The number of carbonyl (C=O) groups is 1. The van der Waals surface area contributed by atoms with Crippen molar-refractivity contribution < 1.29 is 9.90 Å². The van der Waals surface area contributed by atoms with Crippen LogP contribution in [-0.4, -0.2) is 22.2 Å². The van der Waals surface area contributed by atoms with E-state index in [1.807, 2.05) is 37.3 Å². The molecule has 7 heteroatoms. The number of amides is 1. The minimum atomic E-state index is -0.364. The molecule has 0 fully saturated rings. The van der Waals surface area contributed by atoms with Crippen molar-refractivity contribution in [2.75, 3.05) is 5.73 Å². The van der Waals surface area contributed by atoms with E-state index < -0.39 is 0 Å². The molecule has 0 unspecified atom stereocenters. The monoisotopic (exact) mass is 340 g/mol. The lowest BCUT2D eigenvalue weighted by atomic mass is 10.0. The molecule has 1 amide bonds. The molecule has 0 aliphatic carbocycles. The summed E-state index contributed by atoms with van der Waals surface area (Å²) in [5.41, 5.74) is 9.31. The van der Waals surface area contributed by atoms with Crippen molar-refractivity contribution in [1.82, 2.24) is 10.4 Å². The maximum absolute atomic E-state index is 12.2. The number of fused-ring (bicyclic) bond motifs is 1. The van der Waals surface area contributed by atoms with Gasteiger partial charge in [-0.2, -0.15) is 5.10 Å². The second-order valence-corrected chi connectivity index (χ2v) is 6.13. The van der Waals surface area contributed by atoms with Crippen LogP contribution in [0.15, 0.2) is 41.5 Å². The van der Waals surface area contributed by atoms with E-state index in [-0.39, 0.29) is 11.7 Å². The third-order valence-electron chi connectivity index (χ3n) is 3.56. The van der Waals surface area contributed by atoms with Gasteiger partial charge < -0.3 is 10.8 Å². The zero-order chi connectivity index (χ0) is 17.1. The van der Waals surface area contributed by atoms with Gasteiger partial charge in [0.1, 0.15) is 10.6 Å². The highest BCUT2D eigenvalue weighted by Crippen LogP contribution is 2.25. The molecule has 0 spiro atoms. The Morgan fingerprint density at radius 1 is 1.38 bits per heavy atom. The number of aromatic nitrogens is 1. The van der Waals surface area contributed by atoms with Crippen LogP contribution < -0.4 is 11.2 Å². The van der Waals surface area contributed by atoms with E-state index in [9.17, 15) is 9.90 Å². The van der Waals surface area contributed by atoms with Crippen LogP contribution in [0.4, 0.5) is 5.13 Å².